The first-order chi connectivity index (χ1) is 16.5. The van der Waals surface area contributed by atoms with Crippen molar-refractivity contribution in [2.75, 3.05) is 25.6 Å². The predicted molar refractivity (Wildman–Crippen MR) is 137 cm³/mol. The lowest BCUT2D eigenvalue weighted by molar-refractivity contribution is -0.139. The fourth-order valence-corrected chi connectivity index (χ4v) is 4.31. The number of ether oxygens (including phenoxy) is 3. The Hall–Kier alpha value is -3.38. The Kier molecular flexibility index (Phi) is 9.47. The van der Waals surface area contributed by atoms with E-state index in [1.807, 2.05) is 63.2 Å². The minimum absolute atomic E-state index is 0.345. The van der Waals surface area contributed by atoms with Crippen molar-refractivity contribution in [2.24, 2.45) is 0 Å². The maximum Gasteiger partial charge on any atom is 0.341 e. The highest BCUT2D eigenvalue weighted by atomic mass is 32.2. The molecule has 6 heteroatoms. The lowest BCUT2D eigenvalue weighted by Gasteiger charge is -2.12. The van der Waals surface area contributed by atoms with Gasteiger partial charge in [0.2, 0.25) is 0 Å². The summed E-state index contributed by atoms with van der Waals surface area (Å²) in [5.74, 6) is 2.05. The maximum atomic E-state index is 10.7. The number of carboxylic acid groups (broad SMARTS) is 1. The van der Waals surface area contributed by atoms with E-state index >= 15 is 0 Å². The zero-order valence-corrected chi connectivity index (χ0v) is 20.6. The van der Waals surface area contributed by atoms with Crippen LogP contribution in [0.4, 0.5) is 0 Å². The van der Waals surface area contributed by atoms with E-state index in [2.05, 4.69) is 30.3 Å². The van der Waals surface area contributed by atoms with E-state index in [4.69, 9.17) is 19.3 Å². The third-order valence-corrected chi connectivity index (χ3v) is 6.09. The molecule has 1 N–H and O–H groups in total. The minimum atomic E-state index is -0.989. The molecule has 3 rings (SSSR count). The first-order valence-electron chi connectivity index (χ1n) is 11.2. The number of hydrogen-bond donors (Lipinski definition) is 1. The molecule has 0 bridgehead atoms. The summed E-state index contributed by atoms with van der Waals surface area (Å²) in [5.41, 5.74) is 4.41. The molecule has 0 aromatic heterocycles. The summed E-state index contributed by atoms with van der Waals surface area (Å²) in [6, 6.07) is 22.0. The fraction of sp³-hybridized carbons (Fsp3) is 0.250. The van der Waals surface area contributed by atoms with E-state index in [-0.39, 0.29) is 6.61 Å². The lowest BCUT2D eigenvalue weighted by atomic mass is 9.97. The van der Waals surface area contributed by atoms with E-state index in [1.54, 1.807) is 11.8 Å². The lowest BCUT2D eigenvalue weighted by Crippen LogP contribution is -2.09. The zero-order valence-electron chi connectivity index (χ0n) is 19.7. The van der Waals surface area contributed by atoms with Crippen LogP contribution in [-0.4, -0.2) is 36.6 Å². The van der Waals surface area contributed by atoms with Crippen molar-refractivity contribution in [1.82, 2.24) is 0 Å². The summed E-state index contributed by atoms with van der Waals surface area (Å²) < 4.78 is 16.5. The number of carbonyl (C=O) groups is 1. The van der Waals surface area contributed by atoms with Gasteiger partial charge >= 0.3 is 5.97 Å². The van der Waals surface area contributed by atoms with Gasteiger partial charge in [-0.3, -0.25) is 0 Å². The van der Waals surface area contributed by atoms with E-state index in [0.717, 1.165) is 44.4 Å². The molecule has 5 nitrogen and oxygen atoms in total. The molecule has 0 atom stereocenters. The van der Waals surface area contributed by atoms with Crippen molar-refractivity contribution in [3.05, 3.63) is 89.5 Å². The predicted octanol–water partition coefficient (Wildman–Crippen LogP) is 6.48. The van der Waals surface area contributed by atoms with Gasteiger partial charge in [0.05, 0.1) is 13.2 Å². The number of aliphatic carboxylic acids is 1. The summed E-state index contributed by atoms with van der Waals surface area (Å²) in [5, 5.41) is 8.79. The topological polar surface area (TPSA) is 65.0 Å². The van der Waals surface area contributed by atoms with Crippen LogP contribution in [0.1, 0.15) is 30.5 Å². The number of aryl methyl sites for hydroxylation is 1. The van der Waals surface area contributed by atoms with Crippen LogP contribution in [0.3, 0.4) is 0 Å². The molecule has 0 fully saturated rings. The Bertz CT molecular complexity index is 1050. The molecule has 0 amide bonds. The summed E-state index contributed by atoms with van der Waals surface area (Å²) in [4.78, 5) is 11.8. The first kappa shape index (κ1) is 25.2. The molecule has 178 valence electrons. The van der Waals surface area contributed by atoms with Crippen LogP contribution in [0.25, 0.3) is 5.57 Å². The minimum Gasteiger partial charge on any atom is -0.494 e. The van der Waals surface area contributed by atoms with E-state index in [1.165, 1.54) is 0 Å². The molecule has 0 spiro atoms. The van der Waals surface area contributed by atoms with Gasteiger partial charge in [0, 0.05) is 10.6 Å². The quantitative estimate of drug-likeness (QED) is 0.301. The third-order valence-electron chi connectivity index (χ3n) is 4.99. The Balaban J connectivity index is 1.80. The van der Waals surface area contributed by atoms with Crippen molar-refractivity contribution >= 4 is 23.3 Å². The summed E-state index contributed by atoms with van der Waals surface area (Å²) in [7, 11) is 0. The second kappa shape index (κ2) is 12.8. The highest BCUT2D eigenvalue weighted by molar-refractivity contribution is 7.99. The van der Waals surface area contributed by atoms with Crippen molar-refractivity contribution in [2.45, 2.75) is 25.7 Å². The first-order valence-corrected chi connectivity index (χ1v) is 12.2. The Morgan fingerprint density at radius 3 is 1.82 bits per heavy atom. The number of rotatable bonds is 12. The molecule has 3 aromatic carbocycles. The molecule has 3 aromatic rings. The van der Waals surface area contributed by atoms with Crippen LogP contribution in [0.15, 0.2) is 77.7 Å². The molecule has 0 aliphatic carbocycles. The number of benzene rings is 3. The average Bonchev–Trinajstić information content (AvgIpc) is 2.83. The number of hydrogen-bond acceptors (Lipinski definition) is 5. The second-order valence-electron chi connectivity index (χ2n) is 7.45. The molecule has 0 aliphatic rings. The van der Waals surface area contributed by atoms with Crippen LogP contribution in [0, 0.1) is 6.92 Å². The number of carboxylic acids is 1. The van der Waals surface area contributed by atoms with Crippen molar-refractivity contribution in [1.29, 1.82) is 0 Å². The van der Waals surface area contributed by atoms with Crippen molar-refractivity contribution in [3.63, 3.8) is 0 Å². The van der Waals surface area contributed by atoms with Crippen LogP contribution in [0.5, 0.6) is 17.2 Å². The Morgan fingerprint density at radius 1 is 0.824 bits per heavy atom. The monoisotopic (exact) mass is 478 g/mol. The van der Waals surface area contributed by atoms with Crippen LogP contribution >= 0.6 is 11.8 Å². The van der Waals surface area contributed by atoms with Gasteiger partial charge in [-0.05, 0) is 85.5 Å². The van der Waals surface area contributed by atoms with Gasteiger partial charge < -0.3 is 19.3 Å². The van der Waals surface area contributed by atoms with Gasteiger partial charge in [0.15, 0.2) is 6.61 Å². The van der Waals surface area contributed by atoms with E-state index < -0.39 is 5.97 Å². The molecule has 0 aliphatic heterocycles. The summed E-state index contributed by atoms with van der Waals surface area (Å²) >= 11 is 1.72. The highest BCUT2D eigenvalue weighted by Crippen LogP contribution is 2.30. The van der Waals surface area contributed by atoms with Gasteiger partial charge in [-0.25, -0.2) is 4.79 Å². The fourth-order valence-electron chi connectivity index (χ4n) is 3.43. The zero-order chi connectivity index (χ0) is 24.3. The number of thioether (sulfide) groups is 1. The van der Waals surface area contributed by atoms with Gasteiger partial charge in [-0.1, -0.05) is 30.3 Å². The molecule has 0 unspecified atom stereocenters. The third kappa shape index (κ3) is 7.32. The maximum absolute atomic E-state index is 10.7. The Morgan fingerprint density at radius 2 is 1.35 bits per heavy atom. The van der Waals surface area contributed by atoms with Crippen LogP contribution in [0.2, 0.25) is 0 Å². The molecule has 0 heterocycles. The summed E-state index contributed by atoms with van der Waals surface area (Å²) in [6.07, 6.45) is 2.23. The normalized spacial score (nSPS) is 10.4. The molecular formula is C28H30O5S. The molecule has 0 saturated heterocycles. The SMILES string of the molecule is CCOc1ccc(C(=CCSc2ccc(OCC(=O)O)cc2C)c2ccc(OCC)cc2)cc1. The van der Waals surface area contributed by atoms with Gasteiger partial charge in [-0.2, -0.15) is 0 Å². The van der Waals surface area contributed by atoms with Gasteiger partial charge in [0.25, 0.3) is 0 Å². The van der Waals surface area contributed by atoms with E-state index in [0.29, 0.717) is 19.0 Å². The van der Waals surface area contributed by atoms with E-state index in [9.17, 15) is 4.79 Å². The highest BCUT2D eigenvalue weighted by Gasteiger charge is 2.08. The van der Waals surface area contributed by atoms with Crippen LogP contribution < -0.4 is 14.2 Å². The van der Waals surface area contributed by atoms with Gasteiger partial charge in [0.1, 0.15) is 17.2 Å². The smallest absolute Gasteiger partial charge is 0.341 e. The molecular weight excluding hydrogens is 448 g/mol. The summed E-state index contributed by atoms with van der Waals surface area (Å²) in [6.45, 7) is 6.88. The standard InChI is InChI=1S/C28H30O5S/c1-4-31-23-10-6-21(7-11-23)26(22-8-12-24(13-9-22)32-5-2)16-17-34-27-15-14-25(18-20(27)3)33-19-28(29)30/h6-16,18H,4-5,17,19H2,1-3H3,(H,29,30). The largest absolute Gasteiger partial charge is 0.494 e. The van der Waals surface area contributed by atoms with Crippen molar-refractivity contribution in [3.8, 4) is 17.2 Å². The van der Waals surface area contributed by atoms with Crippen LogP contribution in [-0.2, 0) is 4.79 Å². The Labute approximate surface area is 205 Å². The average molecular weight is 479 g/mol. The second-order valence-corrected chi connectivity index (χ2v) is 8.52. The molecule has 0 radical (unpaired) electrons. The van der Waals surface area contributed by atoms with Gasteiger partial charge in [-0.15, -0.1) is 11.8 Å². The molecule has 0 saturated carbocycles. The molecule has 34 heavy (non-hydrogen) atoms. The van der Waals surface area contributed by atoms with Crippen molar-refractivity contribution < 1.29 is 24.1 Å².